The molecule has 0 spiro atoms. The first-order valence-electron chi connectivity index (χ1n) is 5.27. The number of nitrogens with one attached hydrogen (secondary N) is 1. The fourth-order valence-corrected chi connectivity index (χ4v) is 1.29. The molecule has 0 saturated heterocycles. The summed E-state index contributed by atoms with van der Waals surface area (Å²) >= 11 is 0. The van der Waals surface area contributed by atoms with Crippen LogP contribution in [0.3, 0.4) is 0 Å². The van der Waals surface area contributed by atoms with Gasteiger partial charge in [0.25, 0.3) is 0 Å². The van der Waals surface area contributed by atoms with E-state index in [0.29, 0.717) is 0 Å². The molecule has 0 amide bonds. The van der Waals surface area contributed by atoms with Gasteiger partial charge in [-0.1, -0.05) is 19.9 Å². The van der Waals surface area contributed by atoms with E-state index in [2.05, 4.69) is 36.4 Å². The van der Waals surface area contributed by atoms with Crippen LogP contribution in [0.25, 0.3) is 6.08 Å². The molecule has 1 aromatic heterocycles. The summed E-state index contributed by atoms with van der Waals surface area (Å²) in [6.45, 7) is 7.20. The minimum atomic E-state index is 0.924. The molecular weight excluding hydrogens is 174 g/mol. The van der Waals surface area contributed by atoms with E-state index in [9.17, 15) is 0 Å². The third kappa shape index (κ3) is 3.34. The Balaban J connectivity index is 2.48. The van der Waals surface area contributed by atoms with Crippen LogP contribution in [0.2, 0.25) is 0 Å². The molecule has 1 aromatic rings. The van der Waals surface area contributed by atoms with Gasteiger partial charge in [0.15, 0.2) is 0 Å². The third-order valence-corrected chi connectivity index (χ3v) is 1.99. The number of rotatable bonds is 6. The fraction of sp³-hybridized carbons (Fsp3) is 0.545. The summed E-state index contributed by atoms with van der Waals surface area (Å²) in [6, 6.07) is 2.04. The molecule has 3 heteroatoms. The standard InChI is InChI=1S/C11H19N3/c1-3-10-14-11(7-9-13-14)6-5-8-12-4-2/h5-7,9,12H,3-4,8,10H2,1-2H3/b6-5+. The molecule has 1 heterocycles. The molecule has 3 nitrogen and oxygen atoms in total. The Kier molecular flexibility index (Phi) is 5.00. The number of hydrogen-bond donors (Lipinski definition) is 1. The van der Waals surface area contributed by atoms with Gasteiger partial charge in [0, 0.05) is 19.3 Å². The van der Waals surface area contributed by atoms with Gasteiger partial charge in [0.05, 0.1) is 5.69 Å². The van der Waals surface area contributed by atoms with Gasteiger partial charge in [0.2, 0.25) is 0 Å². The molecule has 0 fully saturated rings. The number of aromatic nitrogens is 2. The van der Waals surface area contributed by atoms with E-state index >= 15 is 0 Å². The molecule has 14 heavy (non-hydrogen) atoms. The lowest BCUT2D eigenvalue weighted by molar-refractivity contribution is 0.598. The molecule has 0 aliphatic rings. The van der Waals surface area contributed by atoms with E-state index in [-0.39, 0.29) is 0 Å². The second-order valence-corrected chi connectivity index (χ2v) is 3.19. The highest BCUT2D eigenvalue weighted by molar-refractivity contribution is 5.44. The summed E-state index contributed by atoms with van der Waals surface area (Å²) in [6.07, 6.45) is 7.22. The molecule has 0 saturated carbocycles. The lowest BCUT2D eigenvalue weighted by Gasteiger charge is -2.01. The van der Waals surface area contributed by atoms with E-state index in [1.165, 1.54) is 5.69 Å². The zero-order chi connectivity index (χ0) is 10.2. The molecule has 0 aliphatic heterocycles. The second kappa shape index (κ2) is 6.38. The zero-order valence-corrected chi connectivity index (χ0v) is 9.03. The van der Waals surface area contributed by atoms with E-state index in [0.717, 1.165) is 26.1 Å². The highest BCUT2D eigenvalue weighted by Gasteiger charge is 1.95. The summed E-state index contributed by atoms with van der Waals surface area (Å²) in [7, 11) is 0. The number of likely N-dealkylation sites (N-methyl/N-ethyl adjacent to an activating group) is 1. The molecule has 78 valence electrons. The number of hydrogen-bond acceptors (Lipinski definition) is 2. The first-order chi connectivity index (χ1) is 6.88. The molecule has 1 N–H and O–H groups in total. The van der Waals surface area contributed by atoms with Crippen molar-refractivity contribution in [1.29, 1.82) is 0 Å². The third-order valence-electron chi connectivity index (χ3n) is 1.99. The van der Waals surface area contributed by atoms with Crippen molar-refractivity contribution >= 4 is 6.08 Å². The van der Waals surface area contributed by atoms with Gasteiger partial charge in [-0.3, -0.25) is 4.68 Å². The quantitative estimate of drug-likeness (QED) is 0.699. The smallest absolute Gasteiger partial charge is 0.0607 e. The van der Waals surface area contributed by atoms with Crippen molar-refractivity contribution < 1.29 is 0 Å². The van der Waals surface area contributed by atoms with Crippen molar-refractivity contribution in [2.75, 3.05) is 13.1 Å². The molecule has 1 rings (SSSR count). The molecule has 0 atom stereocenters. The summed E-state index contributed by atoms with van der Waals surface area (Å²) in [5.41, 5.74) is 1.18. The van der Waals surface area contributed by atoms with Crippen LogP contribution in [-0.2, 0) is 6.54 Å². The first kappa shape index (κ1) is 11.0. The minimum absolute atomic E-state index is 0.924. The van der Waals surface area contributed by atoms with Crippen LogP contribution >= 0.6 is 0 Å². The SMILES string of the molecule is CCCn1nccc1/C=C/CNCC. The Morgan fingerprint density at radius 3 is 3.07 bits per heavy atom. The lowest BCUT2D eigenvalue weighted by Crippen LogP contribution is -2.11. The molecule has 0 unspecified atom stereocenters. The predicted octanol–water partition coefficient (Wildman–Crippen LogP) is 1.92. The minimum Gasteiger partial charge on any atom is -0.314 e. The van der Waals surface area contributed by atoms with Gasteiger partial charge in [-0.25, -0.2) is 0 Å². The Labute approximate surface area is 85.8 Å². The maximum absolute atomic E-state index is 4.25. The normalized spacial score (nSPS) is 11.3. The van der Waals surface area contributed by atoms with E-state index in [1.54, 1.807) is 0 Å². The molecule has 0 aliphatic carbocycles. The van der Waals surface area contributed by atoms with Crippen LogP contribution in [0.1, 0.15) is 26.0 Å². The van der Waals surface area contributed by atoms with Crippen molar-refractivity contribution in [3.05, 3.63) is 24.0 Å². The van der Waals surface area contributed by atoms with Crippen LogP contribution in [0.15, 0.2) is 18.3 Å². The van der Waals surface area contributed by atoms with Gasteiger partial charge in [0.1, 0.15) is 0 Å². The van der Waals surface area contributed by atoms with Crippen LogP contribution < -0.4 is 5.32 Å². The highest BCUT2D eigenvalue weighted by Crippen LogP contribution is 2.02. The molecule has 0 radical (unpaired) electrons. The topological polar surface area (TPSA) is 29.9 Å². The second-order valence-electron chi connectivity index (χ2n) is 3.19. The molecule has 0 aromatic carbocycles. The van der Waals surface area contributed by atoms with Crippen molar-refractivity contribution in [2.45, 2.75) is 26.8 Å². The van der Waals surface area contributed by atoms with Crippen LogP contribution in [0.4, 0.5) is 0 Å². The van der Waals surface area contributed by atoms with Crippen molar-refractivity contribution in [3.63, 3.8) is 0 Å². The van der Waals surface area contributed by atoms with E-state index < -0.39 is 0 Å². The average Bonchev–Trinajstić information content (AvgIpc) is 2.61. The average molecular weight is 193 g/mol. The maximum Gasteiger partial charge on any atom is 0.0607 e. The van der Waals surface area contributed by atoms with Gasteiger partial charge >= 0.3 is 0 Å². The van der Waals surface area contributed by atoms with Crippen molar-refractivity contribution in [1.82, 2.24) is 15.1 Å². The van der Waals surface area contributed by atoms with Crippen molar-refractivity contribution in [3.8, 4) is 0 Å². The Morgan fingerprint density at radius 1 is 1.50 bits per heavy atom. The van der Waals surface area contributed by atoms with Gasteiger partial charge < -0.3 is 5.32 Å². The largest absolute Gasteiger partial charge is 0.314 e. The summed E-state index contributed by atoms with van der Waals surface area (Å²) in [4.78, 5) is 0. The highest BCUT2D eigenvalue weighted by atomic mass is 15.3. The Hall–Kier alpha value is -1.09. The van der Waals surface area contributed by atoms with Crippen LogP contribution in [-0.4, -0.2) is 22.9 Å². The van der Waals surface area contributed by atoms with E-state index in [4.69, 9.17) is 0 Å². The first-order valence-corrected chi connectivity index (χ1v) is 5.27. The Bertz CT molecular complexity index is 276. The maximum atomic E-state index is 4.25. The number of aryl methyl sites for hydroxylation is 1. The van der Waals surface area contributed by atoms with Crippen LogP contribution in [0, 0.1) is 0 Å². The van der Waals surface area contributed by atoms with Crippen molar-refractivity contribution in [2.24, 2.45) is 0 Å². The predicted molar refractivity (Wildman–Crippen MR) is 60.1 cm³/mol. The van der Waals surface area contributed by atoms with Gasteiger partial charge in [-0.2, -0.15) is 5.10 Å². The fourth-order valence-electron chi connectivity index (χ4n) is 1.29. The zero-order valence-electron chi connectivity index (χ0n) is 9.03. The summed E-state index contributed by atoms with van der Waals surface area (Å²) < 4.78 is 2.03. The van der Waals surface area contributed by atoms with Gasteiger partial charge in [-0.05, 0) is 25.1 Å². The Morgan fingerprint density at radius 2 is 2.36 bits per heavy atom. The van der Waals surface area contributed by atoms with E-state index in [1.807, 2.05) is 16.9 Å². The monoisotopic (exact) mass is 193 g/mol. The number of nitrogens with zero attached hydrogens (tertiary/aromatic N) is 2. The lowest BCUT2D eigenvalue weighted by atomic mass is 10.3. The summed E-state index contributed by atoms with van der Waals surface area (Å²) in [5, 5.41) is 7.50. The molecular formula is C11H19N3. The van der Waals surface area contributed by atoms with Gasteiger partial charge in [-0.15, -0.1) is 0 Å². The van der Waals surface area contributed by atoms with Crippen LogP contribution in [0.5, 0.6) is 0 Å². The summed E-state index contributed by atoms with van der Waals surface area (Å²) in [5.74, 6) is 0. The molecule has 0 bridgehead atoms.